The van der Waals surface area contributed by atoms with Crippen LogP contribution in [0.2, 0.25) is 5.02 Å². The number of aliphatic carboxylic acids is 1. The molecule has 134 valence electrons. The van der Waals surface area contributed by atoms with Crippen molar-refractivity contribution in [3.05, 3.63) is 47.2 Å². The molecule has 1 aliphatic heterocycles. The highest BCUT2D eigenvalue weighted by atomic mass is 35.5. The largest absolute Gasteiger partial charge is 0.481 e. The van der Waals surface area contributed by atoms with Crippen LogP contribution in [-0.2, 0) is 11.3 Å². The summed E-state index contributed by atoms with van der Waals surface area (Å²) in [6.45, 7) is -0.412. The highest BCUT2D eigenvalue weighted by Gasteiger charge is 2.52. The van der Waals surface area contributed by atoms with E-state index in [1.54, 1.807) is 36.4 Å². The Morgan fingerprint density at radius 3 is 2.56 bits per heavy atom. The van der Waals surface area contributed by atoms with Gasteiger partial charge in [0.2, 0.25) is 0 Å². The second-order valence-corrected chi connectivity index (χ2v) is 6.44. The first kappa shape index (κ1) is 17.8. The molecule has 0 bridgehead atoms. The molecule has 3 rings (SSSR count). The minimum absolute atomic E-state index is 0.112. The molecule has 4 nitrogen and oxygen atoms in total. The Balaban J connectivity index is 1.74. The van der Waals surface area contributed by atoms with Crippen molar-refractivity contribution in [2.45, 2.75) is 12.7 Å². The molecule has 1 N–H and O–H groups in total. The predicted molar refractivity (Wildman–Crippen MR) is 85.1 cm³/mol. The molecule has 1 aromatic heterocycles. The van der Waals surface area contributed by atoms with Crippen molar-refractivity contribution in [3.63, 3.8) is 0 Å². The summed E-state index contributed by atoms with van der Waals surface area (Å²) in [5.41, 5.74) is 0.688. The van der Waals surface area contributed by atoms with Crippen LogP contribution < -0.4 is 0 Å². The molecular formula is C17H15ClF3NO3. The Morgan fingerprint density at radius 1 is 1.24 bits per heavy atom. The van der Waals surface area contributed by atoms with E-state index in [2.05, 4.69) is 0 Å². The third-order valence-corrected chi connectivity index (χ3v) is 4.64. The number of benzene rings is 1. The lowest BCUT2D eigenvalue weighted by atomic mass is 9.96. The lowest BCUT2D eigenvalue weighted by Gasteiger charge is -2.18. The summed E-state index contributed by atoms with van der Waals surface area (Å²) < 4.78 is 44.7. The van der Waals surface area contributed by atoms with Gasteiger partial charge >= 0.3 is 12.1 Å². The number of carbonyl (C=O) groups is 1. The highest BCUT2D eigenvalue weighted by Crippen LogP contribution is 2.38. The Kier molecular flexibility index (Phi) is 4.79. The van der Waals surface area contributed by atoms with E-state index in [1.165, 1.54) is 4.90 Å². The molecule has 0 unspecified atom stereocenters. The van der Waals surface area contributed by atoms with E-state index in [4.69, 9.17) is 21.1 Å². The minimum atomic E-state index is -4.54. The fourth-order valence-electron chi connectivity index (χ4n) is 3.09. The second-order valence-electron chi connectivity index (χ2n) is 6.03. The maximum Gasteiger partial charge on any atom is 0.393 e. The second kappa shape index (κ2) is 6.72. The normalized spacial score (nSPS) is 21.6. The zero-order valence-corrected chi connectivity index (χ0v) is 13.7. The molecule has 2 aromatic rings. The molecule has 2 atom stereocenters. The van der Waals surface area contributed by atoms with E-state index in [9.17, 15) is 18.0 Å². The average molecular weight is 374 g/mol. The summed E-state index contributed by atoms with van der Waals surface area (Å²) in [6, 6.07) is 10.4. The van der Waals surface area contributed by atoms with Crippen molar-refractivity contribution in [3.8, 4) is 11.3 Å². The lowest BCUT2D eigenvalue weighted by Crippen LogP contribution is -2.33. The molecular weight excluding hydrogens is 359 g/mol. The van der Waals surface area contributed by atoms with Gasteiger partial charge in [0, 0.05) is 18.7 Å². The molecule has 0 spiro atoms. The zero-order chi connectivity index (χ0) is 18.2. The van der Waals surface area contributed by atoms with Crippen molar-refractivity contribution in [1.29, 1.82) is 0 Å². The number of halogens is 4. The van der Waals surface area contributed by atoms with Gasteiger partial charge in [-0.25, -0.2) is 0 Å². The molecule has 25 heavy (non-hydrogen) atoms. The number of hydrogen-bond donors (Lipinski definition) is 1. The first-order valence-corrected chi connectivity index (χ1v) is 7.99. The van der Waals surface area contributed by atoms with Crippen molar-refractivity contribution in [2.75, 3.05) is 13.1 Å². The van der Waals surface area contributed by atoms with Crippen LogP contribution in [-0.4, -0.2) is 35.2 Å². The molecule has 0 radical (unpaired) electrons. The third-order valence-electron chi connectivity index (χ3n) is 4.31. The van der Waals surface area contributed by atoms with Gasteiger partial charge in [-0.2, -0.15) is 13.2 Å². The van der Waals surface area contributed by atoms with Gasteiger partial charge in [0.05, 0.1) is 23.4 Å². The van der Waals surface area contributed by atoms with Crippen LogP contribution in [0.1, 0.15) is 5.76 Å². The maximum atomic E-state index is 13.0. The van der Waals surface area contributed by atoms with Crippen molar-refractivity contribution in [2.24, 2.45) is 11.8 Å². The molecule has 0 amide bonds. The van der Waals surface area contributed by atoms with E-state index in [0.29, 0.717) is 22.1 Å². The standard InChI is InChI=1S/C17H15ClF3NO3/c18-14-4-2-1-3-11(14)15-6-5-10(25-15)7-22-8-12(16(23)24)13(9-22)17(19,20)21/h1-6,12-13H,7-9H2,(H,23,24)/t12-,13-/m1/s1. The summed E-state index contributed by atoms with van der Waals surface area (Å²) in [4.78, 5) is 12.6. The Bertz CT molecular complexity index is 774. The van der Waals surface area contributed by atoms with E-state index < -0.39 is 24.0 Å². The van der Waals surface area contributed by atoms with E-state index in [1.807, 2.05) is 0 Å². The molecule has 0 aliphatic carbocycles. The van der Waals surface area contributed by atoms with Gasteiger partial charge in [0.25, 0.3) is 0 Å². The molecule has 2 heterocycles. The van der Waals surface area contributed by atoms with Gasteiger partial charge in [-0.05, 0) is 24.3 Å². The topological polar surface area (TPSA) is 53.7 Å². The lowest BCUT2D eigenvalue weighted by molar-refractivity contribution is -0.188. The summed E-state index contributed by atoms with van der Waals surface area (Å²) in [5, 5.41) is 9.56. The number of rotatable bonds is 4. The van der Waals surface area contributed by atoms with Crippen LogP contribution >= 0.6 is 11.6 Å². The predicted octanol–water partition coefficient (Wildman–Crippen LogP) is 4.29. The number of nitrogens with zero attached hydrogens (tertiary/aromatic N) is 1. The summed E-state index contributed by atoms with van der Waals surface area (Å²) in [6.07, 6.45) is -4.54. The fourth-order valence-corrected chi connectivity index (χ4v) is 3.31. The van der Waals surface area contributed by atoms with E-state index in [-0.39, 0.29) is 19.6 Å². The molecule has 1 aromatic carbocycles. The molecule has 1 saturated heterocycles. The SMILES string of the molecule is O=C(O)[C@@H]1CN(Cc2ccc(-c3ccccc3Cl)o2)C[C@H]1C(F)(F)F. The highest BCUT2D eigenvalue weighted by molar-refractivity contribution is 6.33. The van der Waals surface area contributed by atoms with Crippen LogP contribution in [0.5, 0.6) is 0 Å². The van der Waals surface area contributed by atoms with Gasteiger partial charge in [-0.1, -0.05) is 23.7 Å². The molecule has 1 aliphatic rings. The fraction of sp³-hybridized carbons (Fsp3) is 0.353. The van der Waals surface area contributed by atoms with Gasteiger partial charge in [0.15, 0.2) is 0 Å². The zero-order valence-electron chi connectivity index (χ0n) is 13.0. The number of alkyl halides is 3. The first-order valence-electron chi connectivity index (χ1n) is 7.61. The molecule has 1 fully saturated rings. The number of furan rings is 1. The Morgan fingerprint density at radius 2 is 1.96 bits per heavy atom. The molecule has 0 saturated carbocycles. The van der Waals surface area contributed by atoms with Crippen LogP contribution in [0.3, 0.4) is 0 Å². The van der Waals surface area contributed by atoms with Gasteiger partial charge in [0.1, 0.15) is 11.5 Å². The maximum absolute atomic E-state index is 13.0. The monoisotopic (exact) mass is 373 g/mol. The van der Waals surface area contributed by atoms with Crippen molar-refractivity contribution >= 4 is 17.6 Å². The van der Waals surface area contributed by atoms with Gasteiger partial charge in [-0.15, -0.1) is 0 Å². The first-order chi connectivity index (χ1) is 11.8. The van der Waals surface area contributed by atoms with Gasteiger partial charge < -0.3 is 9.52 Å². The van der Waals surface area contributed by atoms with Crippen molar-refractivity contribution in [1.82, 2.24) is 4.90 Å². The number of hydrogen-bond acceptors (Lipinski definition) is 3. The third kappa shape index (κ3) is 3.82. The van der Waals surface area contributed by atoms with Crippen molar-refractivity contribution < 1.29 is 27.5 Å². The summed E-state index contributed by atoms with van der Waals surface area (Å²) in [7, 11) is 0. The molecule has 8 heteroatoms. The Labute approximate surface area is 146 Å². The smallest absolute Gasteiger partial charge is 0.393 e. The van der Waals surface area contributed by atoms with E-state index >= 15 is 0 Å². The Hall–Kier alpha value is -1.99. The quantitative estimate of drug-likeness (QED) is 0.868. The van der Waals surface area contributed by atoms with Gasteiger partial charge in [-0.3, -0.25) is 9.69 Å². The number of carboxylic acid groups (broad SMARTS) is 1. The number of carboxylic acids is 1. The van der Waals surface area contributed by atoms with Crippen LogP contribution in [0, 0.1) is 11.8 Å². The van der Waals surface area contributed by atoms with Crippen LogP contribution in [0.15, 0.2) is 40.8 Å². The van der Waals surface area contributed by atoms with Crippen LogP contribution in [0.4, 0.5) is 13.2 Å². The average Bonchev–Trinajstić information content (AvgIpc) is 3.15. The summed E-state index contributed by atoms with van der Waals surface area (Å²) >= 11 is 6.10. The van der Waals surface area contributed by atoms with Crippen LogP contribution in [0.25, 0.3) is 11.3 Å². The summed E-state index contributed by atoms with van der Waals surface area (Å²) in [5.74, 6) is -3.79. The minimum Gasteiger partial charge on any atom is -0.481 e. The van der Waals surface area contributed by atoms with E-state index in [0.717, 1.165) is 0 Å². The number of likely N-dealkylation sites (tertiary alicyclic amines) is 1.